The van der Waals surface area contributed by atoms with Gasteiger partial charge in [0.25, 0.3) is 0 Å². The van der Waals surface area contributed by atoms with E-state index < -0.39 is 16.2 Å². The van der Waals surface area contributed by atoms with Gasteiger partial charge < -0.3 is 15.2 Å². The molecule has 4 rings (SSSR count). The largest absolute Gasteiger partial charge is 0.845 e. The fourth-order valence-corrected chi connectivity index (χ4v) is 5.64. The van der Waals surface area contributed by atoms with Crippen LogP contribution in [0.15, 0.2) is 28.9 Å². The van der Waals surface area contributed by atoms with E-state index in [9.17, 15) is 13.5 Å². The maximum atomic E-state index is 13.2. The molecule has 0 unspecified atom stereocenters. The first kappa shape index (κ1) is 21.6. The number of hydrogen-bond donors (Lipinski definition) is 1. The summed E-state index contributed by atoms with van der Waals surface area (Å²) < 4.78 is 38.2. The van der Waals surface area contributed by atoms with Gasteiger partial charge in [0.15, 0.2) is 0 Å². The molecule has 1 aliphatic carbocycles. The normalized spacial score (nSPS) is 17.5. The van der Waals surface area contributed by atoms with Crippen LogP contribution in [-0.4, -0.2) is 43.5 Å². The van der Waals surface area contributed by atoms with Crippen molar-refractivity contribution in [1.82, 2.24) is 9.78 Å². The van der Waals surface area contributed by atoms with E-state index in [1.165, 1.54) is 20.7 Å². The van der Waals surface area contributed by atoms with Gasteiger partial charge >= 0.3 is 10.2 Å². The Morgan fingerprint density at radius 3 is 2.81 bits per heavy atom. The number of rotatable bonds is 6. The Morgan fingerprint density at radius 1 is 1.35 bits per heavy atom. The number of aromatic nitrogens is 2. The molecule has 1 fully saturated rings. The van der Waals surface area contributed by atoms with Gasteiger partial charge in [0.05, 0.1) is 23.9 Å². The molecular formula is C21H28N5O4S-. The molecular weight excluding hydrogens is 418 g/mol. The summed E-state index contributed by atoms with van der Waals surface area (Å²) in [6.07, 6.45) is 7.83. The third-order valence-corrected chi connectivity index (χ3v) is 7.24. The molecule has 2 heterocycles. The fraction of sp³-hybridized carbons (Fsp3) is 0.524. The van der Waals surface area contributed by atoms with E-state index >= 15 is 0 Å². The van der Waals surface area contributed by atoms with Crippen LogP contribution in [0.5, 0.6) is 0 Å². The van der Waals surface area contributed by atoms with Crippen LogP contribution in [0.3, 0.4) is 0 Å². The zero-order valence-corrected chi connectivity index (χ0v) is 18.7. The molecule has 2 aliphatic rings. The molecule has 0 radical (unpaired) electrons. The van der Waals surface area contributed by atoms with Crippen LogP contribution >= 0.6 is 0 Å². The lowest BCUT2D eigenvalue weighted by atomic mass is 10.0. The van der Waals surface area contributed by atoms with Crippen LogP contribution in [0.4, 0.5) is 11.4 Å². The summed E-state index contributed by atoms with van der Waals surface area (Å²) in [5.41, 5.74) is 4.45. The van der Waals surface area contributed by atoms with Gasteiger partial charge in [-0.2, -0.15) is 13.5 Å². The number of anilines is 2. The molecule has 10 heteroatoms. The summed E-state index contributed by atoms with van der Waals surface area (Å²) >= 11 is 0. The van der Waals surface area contributed by atoms with Crippen LogP contribution in [-0.2, 0) is 41.3 Å². The van der Waals surface area contributed by atoms with E-state index in [1.54, 1.807) is 13.2 Å². The van der Waals surface area contributed by atoms with Crippen molar-refractivity contribution in [2.75, 3.05) is 22.8 Å². The van der Waals surface area contributed by atoms with Crippen LogP contribution in [0.2, 0.25) is 0 Å². The Kier molecular flexibility index (Phi) is 6.19. The van der Waals surface area contributed by atoms with Gasteiger partial charge in [0.2, 0.25) is 0 Å². The van der Waals surface area contributed by atoms with Crippen molar-refractivity contribution in [3.05, 3.63) is 41.2 Å². The predicted octanol–water partition coefficient (Wildman–Crippen LogP) is 1.53. The lowest BCUT2D eigenvalue weighted by Gasteiger charge is -2.33. The predicted molar refractivity (Wildman–Crippen MR) is 117 cm³/mol. The highest BCUT2D eigenvalue weighted by molar-refractivity contribution is 7.91. The molecule has 1 N–H and O–H groups in total. The maximum absolute atomic E-state index is 13.2. The summed E-state index contributed by atoms with van der Waals surface area (Å²) in [6, 6.07) is 2.86. The van der Waals surface area contributed by atoms with Gasteiger partial charge in [-0.15, -0.1) is 4.40 Å². The summed E-state index contributed by atoms with van der Waals surface area (Å²) in [6.45, 7) is 2.97. The molecule has 0 atom stereocenters. The van der Waals surface area contributed by atoms with Crippen LogP contribution in [0, 0.1) is 0 Å². The van der Waals surface area contributed by atoms with Crippen LogP contribution in [0.1, 0.15) is 42.9 Å². The number of hydrogen-bond acceptors (Lipinski definition) is 5. The van der Waals surface area contributed by atoms with E-state index in [0.29, 0.717) is 37.4 Å². The van der Waals surface area contributed by atoms with Crippen LogP contribution < -0.4 is 14.7 Å². The van der Waals surface area contributed by atoms with E-state index in [4.69, 9.17) is 4.74 Å². The van der Waals surface area contributed by atoms with E-state index in [2.05, 4.69) is 27.8 Å². The second-order valence-corrected chi connectivity index (χ2v) is 9.47. The van der Waals surface area contributed by atoms with Gasteiger partial charge in [0, 0.05) is 32.1 Å². The van der Waals surface area contributed by atoms with Gasteiger partial charge in [-0.1, -0.05) is 13.0 Å². The minimum absolute atomic E-state index is 0.341. The number of nitrogens with one attached hydrogen (secondary N) is 1. The molecule has 31 heavy (non-hydrogen) atoms. The number of benzene rings is 1. The summed E-state index contributed by atoms with van der Waals surface area (Å²) in [7, 11) is -2.56. The maximum Gasteiger partial charge on any atom is 0.345 e. The van der Waals surface area contributed by atoms with Crippen molar-refractivity contribution in [1.29, 1.82) is 0 Å². The molecule has 1 aromatic heterocycles. The first-order chi connectivity index (χ1) is 14.9. The van der Waals surface area contributed by atoms with Crippen molar-refractivity contribution in [3.8, 4) is 0 Å². The third-order valence-electron chi connectivity index (χ3n) is 5.84. The molecule has 9 nitrogen and oxygen atoms in total. The number of nitrogens with zero attached hydrogens (tertiary/aromatic N) is 4. The Morgan fingerprint density at radius 2 is 2.13 bits per heavy atom. The zero-order valence-electron chi connectivity index (χ0n) is 17.9. The van der Waals surface area contributed by atoms with Crippen molar-refractivity contribution < 1.29 is 18.3 Å². The topological polar surface area (TPSA) is 112 Å². The van der Waals surface area contributed by atoms with E-state index in [0.717, 1.165) is 36.8 Å². The molecule has 1 saturated heterocycles. The first-order valence-electron chi connectivity index (χ1n) is 10.7. The van der Waals surface area contributed by atoms with E-state index in [-0.39, 0.29) is 6.04 Å². The molecule has 0 spiro atoms. The molecule has 168 valence electrons. The smallest absolute Gasteiger partial charge is 0.345 e. The van der Waals surface area contributed by atoms with Crippen molar-refractivity contribution >= 4 is 27.6 Å². The average molecular weight is 447 g/mol. The zero-order chi connectivity index (χ0) is 22.0. The van der Waals surface area contributed by atoms with Gasteiger partial charge in [-0.05, 0) is 61.3 Å². The van der Waals surface area contributed by atoms with Gasteiger partial charge in [0.1, 0.15) is 0 Å². The highest BCUT2D eigenvalue weighted by Crippen LogP contribution is 2.31. The molecule has 0 amide bonds. The Balaban J connectivity index is 1.64. The van der Waals surface area contributed by atoms with Crippen molar-refractivity contribution in [3.63, 3.8) is 0 Å². The standard InChI is InChI=1S/C21H29N5O4S/c1-3-15-11-16-5-4-6-19(16)20(12-15)23-21(27)24-31(28,29)26(17-7-9-30-10-8-17)18-13-22-25(2)14-18/h11-14,17H,3-10H2,1-2H3,(H2,23,24,27)/p-1. The molecule has 1 aliphatic heterocycles. The minimum Gasteiger partial charge on any atom is -0.845 e. The van der Waals surface area contributed by atoms with Gasteiger partial charge in [-0.25, -0.2) is 4.31 Å². The number of aryl methyl sites for hydroxylation is 3. The highest BCUT2D eigenvalue weighted by atomic mass is 32.2. The molecule has 2 aromatic rings. The second kappa shape index (κ2) is 8.88. The SMILES string of the molecule is CCc1cc2c(c(N/C([O-])=N/S(=O)(=O)N(c3cnn(C)c3)C3CCOCC3)c1)CCC2. The summed E-state index contributed by atoms with van der Waals surface area (Å²) in [4.78, 5) is 0. The Hall–Kier alpha value is -2.59. The quantitative estimate of drug-likeness (QED) is 0.532. The lowest BCUT2D eigenvalue weighted by Crippen LogP contribution is -2.44. The van der Waals surface area contributed by atoms with Gasteiger partial charge in [-0.3, -0.25) is 4.68 Å². The monoisotopic (exact) mass is 446 g/mol. The number of ether oxygens (including phenoxy) is 1. The molecule has 1 aromatic carbocycles. The minimum atomic E-state index is -4.27. The van der Waals surface area contributed by atoms with Crippen LogP contribution in [0.25, 0.3) is 0 Å². The molecule has 0 saturated carbocycles. The summed E-state index contributed by atoms with van der Waals surface area (Å²) in [5, 5.41) is 19.5. The Bertz CT molecular complexity index is 1070. The second-order valence-electron chi connectivity index (χ2n) is 8.00. The molecule has 0 bridgehead atoms. The first-order valence-corrected chi connectivity index (χ1v) is 12.1. The van der Waals surface area contributed by atoms with Crippen molar-refractivity contribution in [2.24, 2.45) is 11.4 Å². The van der Waals surface area contributed by atoms with E-state index in [1.807, 2.05) is 6.07 Å². The lowest BCUT2D eigenvalue weighted by molar-refractivity contribution is -0.213. The van der Waals surface area contributed by atoms with Crippen molar-refractivity contribution in [2.45, 2.75) is 51.5 Å². The Labute approximate surface area is 182 Å². The average Bonchev–Trinajstić information content (AvgIpc) is 3.37. The fourth-order valence-electron chi connectivity index (χ4n) is 4.35. The highest BCUT2D eigenvalue weighted by Gasteiger charge is 2.32. The summed E-state index contributed by atoms with van der Waals surface area (Å²) in [5.74, 6) is 0. The number of amidine groups is 1. The third kappa shape index (κ3) is 4.69. The number of fused-ring (bicyclic) bond motifs is 1.